The van der Waals surface area contributed by atoms with E-state index < -0.39 is 0 Å². The second kappa shape index (κ2) is 5.36. The molecule has 1 atom stereocenters. The zero-order chi connectivity index (χ0) is 13.2. The van der Waals surface area contributed by atoms with E-state index in [1.54, 1.807) is 20.3 Å². The minimum atomic E-state index is -0.185. The molecule has 0 N–H and O–H groups in total. The second-order valence-electron chi connectivity index (χ2n) is 4.96. The molecule has 0 aliphatic carbocycles. The maximum atomic E-state index is 6.43. The van der Waals surface area contributed by atoms with E-state index in [-0.39, 0.29) is 10.8 Å². The zero-order valence-electron chi connectivity index (χ0n) is 10.8. The molecule has 0 aliphatic heterocycles. The Labute approximate surface area is 113 Å². The van der Waals surface area contributed by atoms with Crippen LogP contribution in [0.3, 0.4) is 0 Å². The fraction of sp³-hybridized carbons (Fsp3) is 0.538. The highest BCUT2D eigenvalue weighted by Crippen LogP contribution is 2.44. The van der Waals surface area contributed by atoms with Crippen molar-refractivity contribution < 1.29 is 9.47 Å². The van der Waals surface area contributed by atoms with Crippen molar-refractivity contribution in [2.24, 2.45) is 5.41 Å². The third-order valence-corrected chi connectivity index (χ3v) is 3.75. The van der Waals surface area contributed by atoms with Gasteiger partial charge in [-0.3, -0.25) is 0 Å². The van der Waals surface area contributed by atoms with Gasteiger partial charge < -0.3 is 9.47 Å². The molecule has 0 saturated heterocycles. The number of benzene rings is 1. The Morgan fingerprint density at radius 3 is 1.94 bits per heavy atom. The van der Waals surface area contributed by atoms with E-state index in [9.17, 15) is 0 Å². The predicted octanol–water partition coefficient (Wildman–Crippen LogP) is 4.68. The van der Waals surface area contributed by atoms with Crippen LogP contribution in [0.4, 0.5) is 0 Å². The van der Waals surface area contributed by atoms with E-state index >= 15 is 0 Å². The fourth-order valence-electron chi connectivity index (χ4n) is 1.53. The van der Waals surface area contributed by atoms with Gasteiger partial charge in [0.05, 0.1) is 19.6 Å². The molecule has 0 radical (unpaired) electrons. The quantitative estimate of drug-likeness (QED) is 0.746. The molecule has 0 saturated carbocycles. The first-order chi connectivity index (χ1) is 7.81. The SMILES string of the molecule is COc1cc(Cl)c(C(Cl)C(C)(C)C)cc1OC. The minimum absolute atomic E-state index is 0.0786. The number of halogens is 2. The summed E-state index contributed by atoms with van der Waals surface area (Å²) in [6, 6.07) is 3.57. The van der Waals surface area contributed by atoms with Crippen LogP contribution in [-0.4, -0.2) is 14.2 Å². The highest BCUT2D eigenvalue weighted by molar-refractivity contribution is 6.33. The van der Waals surface area contributed by atoms with Gasteiger partial charge >= 0.3 is 0 Å². The molecule has 17 heavy (non-hydrogen) atoms. The highest BCUT2D eigenvalue weighted by Gasteiger charge is 2.27. The van der Waals surface area contributed by atoms with Crippen molar-refractivity contribution in [3.05, 3.63) is 22.7 Å². The van der Waals surface area contributed by atoms with Crippen molar-refractivity contribution in [3.63, 3.8) is 0 Å². The molecular weight excluding hydrogens is 259 g/mol. The molecule has 0 amide bonds. The van der Waals surface area contributed by atoms with Crippen LogP contribution < -0.4 is 9.47 Å². The Kier molecular flexibility index (Phi) is 4.56. The maximum Gasteiger partial charge on any atom is 0.162 e. The molecular formula is C13H18Cl2O2. The summed E-state index contributed by atoms with van der Waals surface area (Å²) in [6.45, 7) is 6.20. The van der Waals surface area contributed by atoms with Crippen molar-refractivity contribution in [3.8, 4) is 11.5 Å². The molecule has 1 aromatic rings. The number of rotatable bonds is 3. The van der Waals surface area contributed by atoms with Gasteiger partial charge in [0.15, 0.2) is 11.5 Å². The second-order valence-corrected chi connectivity index (χ2v) is 5.80. The highest BCUT2D eigenvalue weighted by atomic mass is 35.5. The number of alkyl halides is 1. The van der Waals surface area contributed by atoms with Gasteiger partial charge in [-0.2, -0.15) is 0 Å². The summed E-state index contributed by atoms with van der Waals surface area (Å²) < 4.78 is 10.4. The van der Waals surface area contributed by atoms with Crippen LogP contribution in [0.1, 0.15) is 31.7 Å². The summed E-state index contributed by atoms with van der Waals surface area (Å²) in [5, 5.41) is 0.410. The fourth-order valence-corrected chi connectivity index (χ4v) is 2.03. The van der Waals surface area contributed by atoms with Crippen LogP contribution in [0.15, 0.2) is 12.1 Å². The Morgan fingerprint density at radius 2 is 1.53 bits per heavy atom. The van der Waals surface area contributed by atoms with Gasteiger partial charge in [-0.05, 0) is 17.0 Å². The molecule has 2 nitrogen and oxygen atoms in total. The van der Waals surface area contributed by atoms with Crippen LogP contribution in [0.25, 0.3) is 0 Å². The molecule has 0 aromatic heterocycles. The van der Waals surface area contributed by atoms with Gasteiger partial charge in [0.1, 0.15) is 0 Å². The van der Waals surface area contributed by atoms with Crippen LogP contribution in [-0.2, 0) is 0 Å². The summed E-state index contributed by atoms with van der Waals surface area (Å²) in [4.78, 5) is 0. The van der Waals surface area contributed by atoms with E-state index in [0.717, 1.165) is 5.56 Å². The first-order valence-corrected chi connectivity index (χ1v) is 6.18. The van der Waals surface area contributed by atoms with Gasteiger partial charge in [0, 0.05) is 11.1 Å². The molecule has 4 heteroatoms. The first kappa shape index (κ1) is 14.5. The molecule has 0 aliphatic rings. The largest absolute Gasteiger partial charge is 0.493 e. The van der Waals surface area contributed by atoms with E-state index in [0.29, 0.717) is 16.5 Å². The minimum Gasteiger partial charge on any atom is -0.493 e. The standard InChI is InChI=1S/C13H18Cl2O2/c1-13(2,3)12(15)8-6-10(16-4)11(17-5)7-9(8)14/h6-7,12H,1-5H3. The zero-order valence-corrected chi connectivity index (χ0v) is 12.3. The molecule has 1 rings (SSSR count). The van der Waals surface area contributed by atoms with Crippen LogP contribution >= 0.6 is 23.2 Å². The lowest BCUT2D eigenvalue weighted by Gasteiger charge is -2.26. The summed E-state index contributed by atoms with van der Waals surface area (Å²) in [5.74, 6) is 1.25. The topological polar surface area (TPSA) is 18.5 Å². The van der Waals surface area contributed by atoms with Crippen LogP contribution in [0.5, 0.6) is 11.5 Å². The molecule has 96 valence electrons. The Morgan fingerprint density at radius 1 is 1.06 bits per heavy atom. The number of methoxy groups -OCH3 is 2. The molecule has 0 heterocycles. The normalized spacial score (nSPS) is 13.4. The number of hydrogen-bond acceptors (Lipinski definition) is 2. The lowest BCUT2D eigenvalue weighted by Crippen LogP contribution is -2.13. The summed E-state index contributed by atoms with van der Waals surface area (Å²) in [5.41, 5.74) is 0.781. The van der Waals surface area contributed by atoms with Gasteiger partial charge in [0.25, 0.3) is 0 Å². The van der Waals surface area contributed by atoms with Gasteiger partial charge in [-0.1, -0.05) is 32.4 Å². The van der Waals surface area contributed by atoms with Crippen LogP contribution in [0.2, 0.25) is 5.02 Å². The van der Waals surface area contributed by atoms with E-state index in [1.807, 2.05) is 6.07 Å². The van der Waals surface area contributed by atoms with Crippen molar-refractivity contribution in [1.82, 2.24) is 0 Å². The predicted molar refractivity (Wildman–Crippen MR) is 72.6 cm³/mol. The smallest absolute Gasteiger partial charge is 0.162 e. The molecule has 0 fully saturated rings. The third kappa shape index (κ3) is 3.20. The molecule has 0 bridgehead atoms. The maximum absolute atomic E-state index is 6.43. The molecule has 1 aromatic carbocycles. The number of hydrogen-bond donors (Lipinski definition) is 0. The molecule has 0 spiro atoms. The molecule has 1 unspecified atom stereocenters. The summed E-state index contributed by atoms with van der Waals surface area (Å²) in [7, 11) is 3.17. The lowest BCUT2D eigenvalue weighted by atomic mass is 9.87. The first-order valence-electron chi connectivity index (χ1n) is 5.36. The van der Waals surface area contributed by atoms with Gasteiger partial charge in [-0.25, -0.2) is 0 Å². The van der Waals surface area contributed by atoms with E-state index in [2.05, 4.69) is 20.8 Å². The monoisotopic (exact) mass is 276 g/mol. The van der Waals surface area contributed by atoms with Crippen molar-refractivity contribution >= 4 is 23.2 Å². The Hall–Kier alpha value is -0.600. The average Bonchev–Trinajstić information content (AvgIpc) is 2.26. The van der Waals surface area contributed by atoms with E-state index in [1.165, 1.54) is 0 Å². The number of ether oxygens (including phenoxy) is 2. The van der Waals surface area contributed by atoms with Gasteiger partial charge in [-0.15, -0.1) is 11.6 Å². The van der Waals surface area contributed by atoms with Gasteiger partial charge in [0.2, 0.25) is 0 Å². The Balaban J connectivity index is 3.26. The average molecular weight is 277 g/mol. The van der Waals surface area contributed by atoms with Crippen molar-refractivity contribution in [2.45, 2.75) is 26.1 Å². The van der Waals surface area contributed by atoms with Crippen molar-refractivity contribution in [2.75, 3.05) is 14.2 Å². The van der Waals surface area contributed by atoms with Crippen LogP contribution in [0, 0.1) is 5.41 Å². The summed E-state index contributed by atoms with van der Waals surface area (Å²) >= 11 is 12.6. The Bertz CT molecular complexity index is 397. The van der Waals surface area contributed by atoms with E-state index in [4.69, 9.17) is 32.7 Å². The lowest BCUT2D eigenvalue weighted by molar-refractivity contribution is 0.352. The van der Waals surface area contributed by atoms with Crippen molar-refractivity contribution in [1.29, 1.82) is 0 Å². The third-order valence-electron chi connectivity index (χ3n) is 2.54. The summed E-state index contributed by atoms with van der Waals surface area (Å²) in [6.07, 6.45) is 0.